The normalized spacial score (nSPS) is 11.7. The average molecular weight is 349 g/mol. The van der Waals surface area contributed by atoms with Gasteiger partial charge < -0.3 is 5.11 Å². The molecule has 0 saturated heterocycles. The van der Waals surface area contributed by atoms with Gasteiger partial charge >= 0.3 is 12.1 Å². The van der Waals surface area contributed by atoms with Gasteiger partial charge in [-0.2, -0.15) is 18.3 Å². The molecule has 0 aliphatic carbocycles. The van der Waals surface area contributed by atoms with Crippen LogP contribution in [0.5, 0.6) is 0 Å². The van der Waals surface area contributed by atoms with Crippen molar-refractivity contribution < 1.29 is 23.1 Å². The lowest BCUT2D eigenvalue weighted by Gasteiger charge is -2.10. The Balaban J connectivity index is 2.56. The lowest BCUT2D eigenvalue weighted by molar-refractivity contribution is -0.137. The van der Waals surface area contributed by atoms with Crippen LogP contribution in [-0.4, -0.2) is 20.9 Å². The average Bonchev–Trinajstić information content (AvgIpc) is 2.69. The van der Waals surface area contributed by atoms with Gasteiger partial charge in [-0.25, -0.2) is 9.48 Å². The number of hydrogen-bond acceptors (Lipinski definition) is 2. The maximum absolute atomic E-state index is 12.7. The molecule has 2 aromatic rings. The number of rotatable bonds is 2. The van der Waals surface area contributed by atoms with Crippen molar-refractivity contribution in [2.45, 2.75) is 13.1 Å². The topological polar surface area (TPSA) is 55.1 Å². The van der Waals surface area contributed by atoms with E-state index in [9.17, 15) is 18.0 Å². The maximum Gasteiger partial charge on any atom is 0.416 e. The number of carboxylic acids is 1. The van der Waals surface area contributed by atoms with Crippen molar-refractivity contribution in [3.05, 3.63) is 45.7 Å². The Morgan fingerprint density at radius 2 is 2.00 bits per heavy atom. The van der Waals surface area contributed by atoms with Crippen LogP contribution in [0.1, 0.15) is 21.6 Å². The molecule has 1 aromatic carbocycles. The Labute approximate surface area is 120 Å². The molecule has 1 N–H and O–H groups in total. The van der Waals surface area contributed by atoms with Crippen molar-refractivity contribution in [3.8, 4) is 5.69 Å². The predicted octanol–water partition coefficient (Wildman–Crippen LogP) is 3.66. The number of carboxylic acid groups (broad SMARTS) is 1. The summed E-state index contributed by atoms with van der Waals surface area (Å²) in [4.78, 5) is 10.9. The van der Waals surface area contributed by atoms with Crippen LogP contribution >= 0.6 is 15.9 Å². The lowest BCUT2D eigenvalue weighted by atomic mass is 10.2. The minimum atomic E-state index is -4.49. The zero-order chi connectivity index (χ0) is 15.1. The molecule has 8 heteroatoms. The molecule has 0 unspecified atom stereocenters. The summed E-state index contributed by atoms with van der Waals surface area (Å²) in [5.41, 5.74) is -0.543. The van der Waals surface area contributed by atoms with Crippen LogP contribution in [0.4, 0.5) is 13.2 Å². The van der Waals surface area contributed by atoms with E-state index in [2.05, 4.69) is 21.0 Å². The van der Waals surface area contributed by atoms with Crippen LogP contribution in [0.2, 0.25) is 0 Å². The summed E-state index contributed by atoms with van der Waals surface area (Å²) in [5.74, 6) is -1.23. The van der Waals surface area contributed by atoms with Crippen molar-refractivity contribution >= 4 is 21.9 Å². The number of aryl methyl sites for hydroxylation is 1. The van der Waals surface area contributed by atoms with Gasteiger partial charge in [-0.3, -0.25) is 0 Å². The second-order valence-corrected chi connectivity index (χ2v) is 5.02. The lowest BCUT2D eigenvalue weighted by Crippen LogP contribution is -2.07. The maximum atomic E-state index is 12.7. The van der Waals surface area contributed by atoms with Crippen LogP contribution in [0.15, 0.2) is 28.9 Å². The Morgan fingerprint density at radius 1 is 1.35 bits per heavy atom. The van der Waals surface area contributed by atoms with E-state index >= 15 is 0 Å². The molecule has 106 valence electrons. The van der Waals surface area contributed by atoms with Crippen molar-refractivity contribution in [3.63, 3.8) is 0 Å². The first-order valence-corrected chi connectivity index (χ1v) is 6.15. The molecular weight excluding hydrogens is 341 g/mol. The van der Waals surface area contributed by atoms with E-state index in [1.54, 1.807) is 0 Å². The second kappa shape index (κ2) is 4.93. The SMILES string of the molecule is Cc1cn(-c2cc(Br)cc(C(F)(F)F)c2)nc1C(=O)O. The van der Waals surface area contributed by atoms with Crippen molar-refractivity contribution in [2.24, 2.45) is 0 Å². The molecule has 20 heavy (non-hydrogen) atoms. The summed E-state index contributed by atoms with van der Waals surface area (Å²) >= 11 is 3.00. The number of aromatic nitrogens is 2. The first-order valence-electron chi connectivity index (χ1n) is 5.36. The predicted molar refractivity (Wildman–Crippen MR) is 68.0 cm³/mol. The third-order valence-corrected chi connectivity index (χ3v) is 3.03. The van der Waals surface area contributed by atoms with E-state index in [4.69, 9.17) is 5.11 Å². The Kier molecular flexibility index (Phi) is 3.59. The van der Waals surface area contributed by atoms with Gasteiger partial charge in [-0.1, -0.05) is 15.9 Å². The third-order valence-electron chi connectivity index (χ3n) is 2.57. The summed E-state index contributed by atoms with van der Waals surface area (Å²) in [6.07, 6.45) is -3.12. The van der Waals surface area contributed by atoms with Gasteiger partial charge in [0.1, 0.15) is 0 Å². The van der Waals surface area contributed by atoms with E-state index in [-0.39, 0.29) is 15.9 Å². The molecule has 4 nitrogen and oxygen atoms in total. The fourth-order valence-electron chi connectivity index (χ4n) is 1.67. The van der Waals surface area contributed by atoms with Crippen LogP contribution in [-0.2, 0) is 6.18 Å². The molecule has 2 rings (SSSR count). The van der Waals surface area contributed by atoms with Gasteiger partial charge in [-0.15, -0.1) is 0 Å². The van der Waals surface area contributed by atoms with Crippen LogP contribution in [0.25, 0.3) is 5.69 Å². The third kappa shape index (κ3) is 2.84. The zero-order valence-corrected chi connectivity index (χ0v) is 11.7. The van der Waals surface area contributed by atoms with Gasteiger partial charge in [0.25, 0.3) is 0 Å². The minimum Gasteiger partial charge on any atom is -0.476 e. The molecule has 0 fully saturated rings. The summed E-state index contributed by atoms with van der Waals surface area (Å²) in [6.45, 7) is 1.52. The Hall–Kier alpha value is -1.83. The van der Waals surface area contributed by atoms with E-state index in [1.165, 1.54) is 19.2 Å². The van der Waals surface area contributed by atoms with Crippen molar-refractivity contribution in [2.75, 3.05) is 0 Å². The quantitative estimate of drug-likeness (QED) is 0.900. The fraction of sp³-hybridized carbons (Fsp3) is 0.167. The first-order chi connectivity index (χ1) is 9.18. The van der Waals surface area contributed by atoms with Crippen molar-refractivity contribution in [1.82, 2.24) is 9.78 Å². The Bertz CT molecular complexity index is 680. The number of hydrogen-bond donors (Lipinski definition) is 1. The smallest absolute Gasteiger partial charge is 0.416 e. The summed E-state index contributed by atoms with van der Waals surface area (Å²) in [7, 11) is 0. The molecule has 0 aliphatic rings. The minimum absolute atomic E-state index is 0.127. The van der Waals surface area contributed by atoms with Gasteiger partial charge in [0, 0.05) is 16.2 Å². The molecule has 1 aromatic heterocycles. The molecule has 0 radical (unpaired) electrons. The van der Waals surface area contributed by atoms with E-state index < -0.39 is 17.7 Å². The standard InChI is InChI=1S/C12H8BrF3N2O2/c1-6-5-18(17-10(6)11(19)20)9-3-7(12(14,15)16)2-8(13)4-9/h2-5H,1H3,(H,19,20). The van der Waals surface area contributed by atoms with Gasteiger partial charge in [0.15, 0.2) is 5.69 Å². The van der Waals surface area contributed by atoms with E-state index in [0.717, 1.165) is 16.8 Å². The molecule has 0 bridgehead atoms. The number of alkyl halides is 3. The Morgan fingerprint density at radius 3 is 2.50 bits per heavy atom. The number of aromatic carboxylic acids is 1. The molecule has 0 saturated carbocycles. The molecule has 0 atom stereocenters. The fourth-order valence-corrected chi connectivity index (χ4v) is 2.16. The monoisotopic (exact) mass is 348 g/mol. The number of nitrogens with zero attached hydrogens (tertiary/aromatic N) is 2. The highest BCUT2D eigenvalue weighted by atomic mass is 79.9. The zero-order valence-electron chi connectivity index (χ0n) is 10.1. The first kappa shape index (κ1) is 14.6. The molecular formula is C12H8BrF3N2O2. The van der Waals surface area contributed by atoms with Crippen LogP contribution in [0.3, 0.4) is 0 Å². The number of carbonyl (C=O) groups is 1. The van der Waals surface area contributed by atoms with Gasteiger partial charge in [0.05, 0.1) is 11.3 Å². The van der Waals surface area contributed by atoms with Gasteiger partial charge in [0.2, 0.25) is 0 Å². The summed E-state index contributed by atoms with van der Waals surface area (Å²) in [6, 6.07) is 3.27. The van der Waals surface area contributed by atoms with Crippen LogP contribution < -0.4 is 0 Å². The molecule has 0 aliphatic heterocycles. The summed E-state index contributed by atoms with van der Waals surface area (Å²) < 4.78 is 39.5. The van der Waals surface area contributed by atoms with Gasteiger partial charge in [-0.05, 0) is 25.1 Å². The molecule has 0 amide bonds. The van der Waals surface area contributed by atoms with E-state index in [0.29, 0.717) is 5.56 Å². The highest BCUT2D eigenvalue weighted by Crippen LogP contribution is 2.32. The summed E-state index contributed by atoms with van der Waals surface area (Å²) in [5, 5.41) is 12.7. The highest BCUT2D eigenvalue weighted by Gasteiger charge is 2.31. The molecule has 1 heterocycles. The second-order valence-electron chi connectivity index (χ2n) is 4.11. The highest BCUT2D eigenvalue weighted by molar-refractivity contribution is 9.10. The largest absolute Gasteiger partial charge is 0.476 e. The number of benzene rings is 1. The van der Waals surface area contributed by atoms with Crippen LogP contribution in [0, 0.1) is 6.92 Å². The number of halogens is 4. The van der Waals surface area contributed by atoms with E-state index in [1.807, 2.05) is 0 Å². The molecule has 0 spiro atoms. The van der Waals surface area contributed by atoms with Crippen molar-refractivity contribution in [1.29, 1.82) is 0 Å².